The van der Waals surface area contributed by atoms with Gasteiger partial charge in [-0.2, -0.15) is 4.31 Å². The van der Waals surface area contributed by atoms with Gasteiger partial charge < -0.3 is 9.32 Å². The van der Waals surface area contributed by atoms with Gasteiger partial charge in [-0.3, -0.25) is 0 Å². The van der Waals surface area contributed by atoms with Crippen LogP contribution in [0.3, 0.4) is 0 Å². The maximum Gasteiger partial charge on any atom is 0.250 e. The monoisotopic (exact) mass is 416 g/mol. The molecule has 2 aromatic carbocycles. The molecule has 0 amide bonds. The molecular weight excluding hydrogens is 393 g/mol. The third-order valence-corrected chi connectivity index (χ3v) is 6.95. The van der Waals surface area contributed by atoms with E-state index < -0.39 is 10.0 Å². The van der Waals surface area contributed by atoms with Gasteiger partial charge in [-0.25, -0.2) is 17.8 Å². The van der Waals surface area contributed by atoms with Gasteiger partial charge in [-0.05, 0) is 29.8 Å². The molecule has 1 aliphatic heterocycles. The molecule has 1 aliphatic rings. The largest absolute Gasteiger partial charge is 0.435 e. The van der Waals surface area contributed by atoms with Crippen LogP contribution in [0.2, 0.25) is 0 Å². The minimum Gasteiger partial charge on any atom is -0.435 e. The molecule has 1 aromatic heterocycles. The highest BCUT2D eigenvalue weighted by Gasteiger charge is 2.29. The third-order valence-electron chi connectivity index (χ3n) is 5.10. The molecule has 1 fully saturated rings. The van der Waals surface area contributed by atoms with Gasteiger partial charge in [0.05, 0.1) is 38.1 Å². The van der Waals surface area contributed by atoms with Crippen LogP contribution in [-0.4, -0.2) is 43.9 Å². The summed E-state index contributed by atoms with van der Waals surface area (Å²) in [7, 11) is -3.32. The molecule has 0 radical (unpaired) electrons. The maximum absolute atomic E-state index is 13.1. The van der Waals surface area contributed by atoms with Crippen molar-refractivity contribution in [3.8, 4) is 11.3 Å². The summed E-state index contributed by atoms with van der Waals surface area (Å²) in [6, 6.07) is 15.3. The zero-order valence-corrected chi connectivity index (χ0v) is 16.7. The summed E-state index contributed by atoms with van der Waals surface area (Å²) in [5, 5.41) is 0. The average Bonchev–Trinajstić information content (AvgIpc) is 3.18. The molecular formula is C21H23FN3O3S+. The van der Waals surface area contributed by atoms with E-state index in [-0.39, 0.29) is 11.6 Å². The number of hydrogen-bond acceptors (Lipinski definition) is 4. The Hall–Kier alpha value is -2.55. The lowest BCUT2D eigenvalue weighted by molar-refractivity contribution is -0.918. The average molecular weight is 416 g/mol. The van der Waals surface area contributed by atoms with Gasteiger partial charge in [0.25, 0.3) is 5.89 Å². The lowest BCUT2D eigenvalue weighted by atomic mass is 10.2. The van der Waals surface area contributed by atoms with E-state index >= 15 is 0 Å². The van der Waals surface area contributed by atoms with Crippen LogP contribution >= 0.6 is 0 Å². The summed E-state index contributed by atoms with van der Waals surface area (Å²) >= 11 is 0. The quantitative estimate of drug-likeness (QED) is 0.664. The van der Waals surface area contributed by atoms with Gasteiger partial charge in [0, 0.05) is 5.56 Å². The van der Waals surface area contributed by atoms with E-state index in [0.29, 0.717) is 44.4 Å². The summed E-state index contributed by atoms with van der Waals surface area (Å²) < 4.78 is 45.8. The van der Waals surface area contributed by atoms with Gasteiger partial charge in [-0.15, -0.1) is 0 Å². The minimum absolute atomic E-state index is 0.0317. The number of nitrogens with zero attached hydrogens (tertiary/aromatic N) is 2. The summed E-state index contributed by atoms with van der Waals surface area (Å²) in [6.45, 7) is 2.95. The molecule has 0 aliphatic carbocycles. The molecule has 29 heavy (non-hydrogen) atoms. The topological polar surface area (TPSA) is 67.8 Å². The van der Waals surface area contributed by atoms with Gasteiger partial charge in [0.1, 0.15) is 5.82 Å². The van der Waals surface area contributed by atoms with Crippen LogP contribution in [0, 0.1) is 5.82 Å². The Labute approximate surface area is 169 Å². The number of oxazole rings is 1. The Morgan fingerprint density at radius 2 is 1.72 bits per heavy atom. The van der Waals surface area contributed by atoms with E-state index in [1.165, 1.54) is 17.0 Å². The van der Waals surface area contributed by atoms with Gasteiger partial charge >= 0.3 is 0 Å². The SMILES string of the molecule is O=S(=O)(Cc1ccccc1)N1CC[NH+](Cc2ncc(-c3ccc(F)cc3)o2)CC1. The predicted molar refractivity (Wildman–Crippen MR) is 107 cm³/mol. The first-order valence-electron chi connectivity index (χ1n) is 9.55. The fourth-order valence-corrected chi connectivity index (χ4v) is 5.02. The molecule has 4 rings (SSSR count). The Morgan fingerprint density at radius 3 is 2.41 bits per heavy atom. The molecule has 1 saturated heterocycles. The predicted octanol–water partition coefficient (Wildman–Crippen LogP) is 1.71. The first-order valence-corrected chi connectivity index (χ1v) is 11.2. The highest BCUT2D eigenvalue weighted by molar-refractivity contribution is 7.88. The van der Waals surface area contributed by atoms with Crippen molar-refractivity contribution < 1.29 is 22.1 Å². The van der Waals surface area contributed by atoms with Crippen molar-refractivity contribution in [1.82, 2.24) is 9.29 Å². The normalized spacial score (nSPS) is 16.2. The highest BCUT2D eigenvalue weighted by Crippen LogP contribution is 2.20. The number of hydrogen-bond donors (Lipinski definition) is 1. The van der Waals surface area contributed by atoms with E-state index in [1.807, 2.05) is 30.3 Å². The number of benzene rings is 2. The molecule has 3 aromatic rings. The van der Waals surface area contributed by atoms with E-state index in [9.17, 15) is 12.8 Å². The fourth-order valence-electron chi connectivity index (χ4n) is 3.49. The van der Waals surface area contributed by atoms with Crippen LogP contribution in [0.15, 0.2) is 65.2 Å². The van der Waals surface area contributed by atoms with Crippen molar-refractivity contribution in [2.45, 2.75) is 12.3 Å². The molecule has 8 heteroatoms. The second kappa shape index (κ2) is 8.44. The molecule has 0 unspecified atom stereocenters. The molecule has 0 bridgehead atoms. The van der Waals surface area contributed by atoms with Gasteiger partial charge in [-0.1, -0.05) is 30.3 Å². The molecule has 0 spiro atoms. The second-order valence-electron chi connectivity index (χ2n) is 7.19. The van der Waals surface area contributed by atoms with Crippen molar-refractivity contribution in [3.63, 3.8) is 0 Å². The lowest BCUT2D eigenvalue weighted by Gasteiger charge is -2.30. The molecule has 152 valence electrons. The molecule has 0 atom stereocenters. The zero-order chi connectivity index (χ0) is 20.3. The fraction of sp³-hybridized carbons (Fsp3) is 0.286. The summed E-state index contributed by atoms with van der Waals surface area (Å²) in [5.74, 6) is 0.936. The number of aromatic nitrogens is 1. The Bertz CT molecular complexity index is 1040. The first kappa shape index (κ1) is 19.8. The number of sulfonamides is 1. The Balaban J connectivity index is 1.33. The lowest BCUT2D eigenvalue weighted by Crippen LogP contribution is -3.13. The van der Waals surface area contributed by atoms with Crippen molar-refractivity contribution >= 4 is 10.0 Å². The number of piperazine rings is 1. The smallest absolute Gasteiger partial charge is 0.250 e. The van der Waals surface area contributed by atoms with Crippen LogP contribution in [0.25, 0.3) is 11.3 Å². The molecule has 0 saturated carbocycles. The van der Waals surface area contributed by atoms with Gasteiger partial charge in [0.2, 0.25) is 10.0 Å². The van der Waals surface area contributed by atoms with Crippen molar-refractivity contribution in [3.05, 3.63) is 78.1 Å². The summed E-state index contributed by atoms with van der Waals surface area (Å²) in [4.78, 5) is 5.55. The number of quaternary nitrogens is 1. The zero-order valence-electron chi connectivity index (χ0n) is 15.9. The van der Waals surface area contributed by atoms with Crippen molar-refractivity contribution in [2.75, 3.05) is 26.2 Å². The Kier molecular flexibility index (Phi) is 5.75. The van der Waals surface area contributed by atoms with E-state index in [1.54, 1.807) is 22.6 Å². The van der Waals surface area contributed by atoms with Crippen LogP contribution in [0.1, 0.15) is 11.5 Å². The van der Waals surface area contributed by atoms with E-state index in [2.05, 4.69) is 4.98 Å². The first-order chi connectivity index (χ1) is 14.0. The molecule has 6 nitrogen and oxygen atoms in total. The highest BCUT2D eigenvalue weighted by atomic mass is 32.2. The van der Waals surface area contributed by atoms with Gasteiger partial charge in [0.15, 0.2) is 12.3 Å². The minimum atomic E-state index is -3.32. The summed E-state index contributed by atoms with van der Waals surface area (Å²) in [5.41, 5.74) is 1.58. The number of rotatable bonds is 6. The molecule has 2 heterocycles. The van der Waals surface area contributed by atoms with E-state index in [0.717, 1.165) is 11.1 Å². The third kappa shape index (κ3) is 4.90. The maximum atomic E-state index is 13.1. The number of nitrogens with one attached hydrogen (secondary N) is 1. The molecule has 1 N–H and O–H groups in total. The van der Waals surface area contributed by atoms with Crippen LogP contribution in [-0.2, 0) is 22.3 Å². The van der Waals surface area contributed by atoms with Crippen LogP contribution in [0.5, 0.6) is 0 Å². The summed E-state index contributed by atoms with van der Waals surface area (Å²) in [6.07, 6.45) is 1.64. The standard InChI is InChI=1S/C21H22FN3O3S/c22-19-8-6-18(7-9-19)20-14-23-21(28-20)15-24-10-12-25(13-11-24)29(26,27)16-17-4-2-1-3-5-17/h1-9,14H,10-13,15-16H2/p+1. The van der Waals surface area contributed by atoms with Crippen molar-refractivity contribution in [1.29, 1.82) is 0 Å². The second-order valence-corrected chi connectivity index (χ2v) is 9.16. The van der Waals surface area contributed by atoms with E-state index in [4.69, 9.17) is 4.42 Å². The number of halogens is 1. The van der Waals surface area contributed by atoms with Crippen LogP contribution < -0.4 is 4.90 Å². The van der Waals surface area contributed by atoms with Crippen molar-refractivity contribution in [2.24, 2.45) is 0 Å². The Morgan fingerprint density at radius 1 is 1.03 bits per heavy atom. The van der Waals surface area contributed by atoms with Crippen LogP contribution in [0.4, 0.5) is 4.39 Å².